The zero-order valence-corrected chi connectivity index (χ0v) is 10.3. The van der Waals surface area contributed by atoms with E-state index in [0.29, 0.717) is 18.6 Å². The van der Waals surface area contributed by atoms with Gasteiger partial charge in [-0.3, -0.25) is 14.4 Å². The molecule has 0 atom stereocenters. The van der Waals surface area contributed by atoms with Crippen LogP contribution in [0.15, 0.2) is 22.8 Å². The van der Waals surface area contributed by atoms with Gasteiger partial charge in [0.25, 0.3) is 0 Å². The summed E-state index contributed by atoms with van der Waals surface area (Å²) in [6.07, 6.45) is 2.93. The zero-order valence-electron chi connectivity index (χ0n) is 10.3. The summed E-state index contributed by atoms with van der Waals surface area (Å²) >= 11 is 0. The first-order chi connectivity index (χ1) is 8.63. The average molecular weight is 248 g/mol. The van der Waals surface area contributed by atoms with Crippen molar-refractivity contribution < 1.29 is 18.8 Å². The van der Waals surface area contributed by atoms with E-state index in [1.807, 2.05) is 6.92 Å². The highest BCUT2D eigenvalue weighted by Crippen LogP contribution is 2.32. The van der Waals surface area contributed by atoms with E-state index < -0.39 is 5.92 Å². The molecule has 1 saturated carbocycles. The fourth-order valence-corrected chi connectivity index (χ4v) is 2.45. The minimum absolute atomic E-state index is 0.203. The third-order valence-electron chi connectivity index (χ3n) is 3.30. The third kappa shape index (κ3) is 2.42. The summed E-state index contributed by atoms with van der Waals surface area (Å²) in [7, 11) is 0. The molecule has 0 spiro atoms. The van der Waals surface area contributed by atoms with Gasteiger partial charge in [0.1, 0.15) is 11.7 Å². The molecule has 18 heavy (non-hydrogen) atoms. The third-order valence-corrected chi connectivity index (χ3v) is 3.30. The Morgan fingerprint density at radius 3 is 2.50 bits per heavy atom. The molecule has 1 aliphatic carbocycles. The van der Waals surface area contributed by atoms with Crippen LogP contribution in [-0.2, 0) is 14.4 Å². The highest BCUT2D eigenvalue weighted by Gasteiger charge is 2.40. The van der Waals surface area contributed by atoms with E-state index in [-0.39, 0.29) is 36.1 Å². The van der Waals surface area contributed by atoms with Crippen molar-refractivity contribution in [3.63, 3.8) is 0 Å². The van der Waals surface area contributed by atoms with Crippen LogP contribution in [0.4, 0.5) is 0 Å². The van der Waals surface area contributed by atoms with Crippen molar-refractivity contribution in [1.29, 1.82) is 0 Å². The summed E-state index contributed by atoms with van der Waals surface area (Å²) in [6.45, 7) is 1.86. The van der Waals surface area contributed by atoms with Gasteiger partial charge in [-0.1, -0.05) is 6.92 Å². The quantitative estimate of drug-likeness (QED) is 0.767. The van der Waals surface area contributed by atoms with E-state index in [1.54, 1.807) is 12.1 Å². The molecule has 4 heteroatoms. The number of furan rings is 1. The van der Waals surface area contributed by atoms with Crippen molar-refractivity contribution in [2.24, 2.45) is 5.92 Å². The minimum atomic E-state index is -1.02. The molecule has 0 N–H and O–H groups in total. The molecule has 4 nitrogen and oxygen atoms in total. The topological polar surface area (TPSA) is 64.3 Å². The van der Waals surface area contributed by atoms with Crippen molar-refractivity contribution in [1.82, 2.24) is 0 Å². The molecule has 0 aliphatic heterocycles. The van der Waals surface area contributed by atoms with E-state index >= 15 is 0 Å². The van der Waals surface area contributed by atoms with E-state index in [9.17, 15) is 14.4 Å². The van der Waals surface area contributed by atoms with Crippen LogP contribution in [0.2, 0.25) is 0 Å². The molecule has 1 fully saturated rings. The van der Waals surface area contributed by atoms with Crippen LogP contribution >= 0.6 is 0 Å². The molecule has 1 aromatic heterocycles. The second-order valence-corrected chi connectivity index (χ2v) is 4.70. The molecule has 0 saturated heterocycles. The summed E-state index contributed by atoms with van der Waals surface area (Å²) in [5.74, 6) is -1.32. The lowest BCUT2D eigenvalue weighted by molar-refractivity contribution is -0.142. The Morgan fingerprint density at radius 2 is 2.00 bits per heavy atom. The lowest BCUT2D eigenvalue weighted by atomic mass is 9.76. The fraction of sp³-hybridized carbons (Fsp3) is 0.500. The number of rotatable bonds is 4. The van der Waals surface area contributed by atoms with Crippen LogP contribution in [0.5, 0.6) is 0 Å². The number of Topliss-reactive ketones (excluding diaryl/α,β-unsaturated/α-hetero) is 3. The molecule has 0 radical (unpaired) electrons. The van der Waals surface area contributed by atoms with Crippen molar-refractivity contribution in [2.75, 3.05) is 0 Å². The van der Waals surface area contributed by atoms with Gasteiger partial charge < -0.3 is 4.42 Å². The van der Waals surface area contributed by atoms with Crippen molar-refractivity contribution >= 4 is 17.3 Å². The first kappa shape index (κ1) is 12.7. The predicted molar refractivity (Wildman–Crippen MR) is 64.1 cm³/mol. The second kappa shape index (κ2) is 5.29. The van der Waals surface area contributed by atoms with Gasteiger partial charge in [-0.25, -0.2) is 0 Å². The Balaban J connectivity index is 2.11. The molecular formula is C14H16O4. The van der Waals surface area contributed by atoms with Gasteiger partial charge in [0.05, 0.1) is 6.26 Å². The summed E-state index contributed by atoms with van der Waals surface area (Å²) in [4.78, 5) is 35.6. The van der Waals surface area contributed by atoms with Gasteiger partial charge in [0.15, 0.2) is 17.3 Å². The SMILES string of the molecule is CCCC(=O)C1C(=O)CC(c2ccco2)CC1=O. The fourth-order valence-electron chi connectivity index (χ4n) is 2.45. The Labute approximate surface area is 105 Å². The van der Waals surface area contributed by atoms with Gasteiger partial charge in [0, 0.05) is 25.2 Å². The number of hydrogen-bond acceptors (Lipinski definition) is 4. The van der Waals surface area contributed by atoms with Crippen molar-refractivity contribution in [3.05, 3.63) is 24.2 Å². The van der Waals surface area contributed by atoms with Crippen LogP contribution in [-0.4, -0.2) is 17.3 Å². The van der Waals surface area contributed by atoms with Crippen LogP contribution in [0.3, 0.4) is 0 Å². The first-order valence-corrected chi connectivity index (χ1v) is 6.25. The van der Waals surface area contributed by atoms with E-state index in [0.717, 1.165) is 0 Å². The second-order valence-electron chi connectivity index (χ2n) is 4.70. The highest BCUT2D eigenvalue weighted by molar-refractivity contribution is 6.20. The lowest BCUT2D eigenvalue weighted by Gasteiger charge is -2.24. The Hall–Kier alpha value is -1.71. The number of hydrogen-bond donors (Lipinski definition) is 0. The number of ketones is 3. The Bertz CT molecular complexity index is 440. The van der Waals surface area contributed by atoms with E-state index in [2.05, 4.69) is 0 Å². The summed E-state index contributed by atoms with van der Waals surface area (Å²) in [5, 5.41) is 0. The monoisotopic (exact) mass is 248 g/mol. The highest BCUT2D eigenvalue weighted by atomic mass is 16.3. The standard InChI is InChI=1S/C14H16O4/c1-2-4-10(15)14-11(16)7-9(8-12(14)17)13-5-3-6-18-13/h3,5-6,9,14H,2,4,7-8H2,1H3. The van der Waals surface area contributed by atoms with E-state index in [4.69, 9.17) is 4.42 Å². The summed E-state index contributed by atoms with van der Waals surface area (Å²) in [6, 6.07) is 3.50. The van der Waals surface area contributed by atoms with Gasteiger partial charge in [0.2, 0.25) is 0 Å². The summed E-state index contributed by atoms with van der Waals surface area (Å²) < 4.78 is 5.22. The Kier molecular flexibility index (Phi) is 3.75. The minimum Gasteiger partial charge on any atom is -0.469 e. The van der Waals surface area contributed by atoms with Gasteiger partial charge in [-0.05, 0) is 18.6 Å². The van der Waals surface area contributed by atoms with Gasteiger partial charge in [-0.2, -0.15) is 0 Å². The molecule has 1 aromatic rings. The molecule has 1 aliphatic rings. The van der Waals surface area contributed by atoms with Crippen LogP contribution in [0, 0.1) is 5.92 Å². The maximum Gasteiger partial charge on any atom is 0.151 e. The number of carbonyl (C=O) groups excluding carboxylic acids is 3. The normalized spacial score (nSPS) is 24.3. The smallest absolute Gasteiger partial charge is 0.151 e. The van der Waals surface area contributed by atoms with Crippen molar-refractivity contribution in [2.45, 2.75) is 38.5 Å². The molecule has 0 amide bonds. The van der Waals surface area contributed by atoms with Crippen LogP contribution in [0.25, 0.3) is 0 Å². The van der Waals surface area contributed by atoms with Gasteiger partial charge >= 0.3 is 0 Å². The Morgan fingerprint density at radius 1 is 1.33 bits per heavy atom. The zero-order chi connectivity index (χ0) is 13.1. The maximum absolute atomic E-state index is 11.9. The molecule has 0 bridgehead atoms. The van der Waals surface area contributed by atoms with Gasteiger partial charge in [-0.15, -0.1) is 0 Å². The van der Waals surface area contributed by atoms with Crippen LogP contribution < -0.4 is 0 Å². The molecule has 2 rings (SSSR count). The van der Waals surface area contributed by atoms with Crippen LogP contribution in [0.1, 0.15) is 44.3 Å². The summed E-state index contributed by atoms with van der Waals surface area (Å²) in [5.41, 5.74) is 0. The lowest BCUT2D eigenvalue weighted by Crippen LogP contribution is -2.37. The predicted octanol–water partition coefficient (Wildman–Crippen LogP) is 2.28. The molecule has 96 valence electrons. The maximum atomic E-state index is 11.9. The molecule has 0 aromatic carbocycles. The molecule has 1 heterocycles. The molecule has 0 unspecified atom stereocenters. The van der Waals surface area contributed by atoms with Crippen molar-refractivity contribution in [3.8, 4) is 0 Å². The van der Waals surface area contributed by atoms with E-state index in [1.165, 1.54) is 6.26 Å². The number of carbonyl (C=O) groups is 3. The first-order valence-electron chi connectivity index (χ1n) is 6.25. The molecular weight excluding hydrogens is 232 g/mol. The average Bonchev–Trinajstić information content (AvgIpc) is 2.81. The largest absolute Gasteiger partial charge is 0.469 e.